The third-order valence-electron chi connectivity index (χ3n) is 6.19. The number of aromatic carboxylic acids is 1. The quantitative estimate of drug-likeness (QED) is 0.304. The number of ether oxygens (including phenoxy) is 2. The Kier molecular flexibility index (Phi) is 7.59. The smallest absolute Gasteiger partial charge is 0.339 e. The molecule has 0 atom stereocenters. The molecule has 4 aromatic rings. The predicted molar refractivity (Wildman–Crippen MR) is 139 cm³/mol. The Morgan fingerprint density at radius 1 is 0.944 bits per heavy atom. The number of carbonyl (C=O) groups is 2. The summed E-state index contributed by atoms with van der Waals surface area (Å²) >= 11 is 0. The summed E-state index contributed by atoms with van der Waals surface area (Å²) in [5.74, 6) is -0.330. The molecule has 0 unspecified atom stereocenters. The van der Waals surface area contributed by atoms with E-state index in [0.717, 1.165) is 27.6 Å². The molecule has 7 heteroatoms. The van der Waals surface area contributed by atoms with Crippen LogP contribution in [0.3, 0.4) is 0 Å². The summed E-state index contributed by atoms with van der Waals surface area (Å²) in [5, 5.41) is 10.7. The first kappa shape index (κ1) is 24.9. The van der Waals surface area contributed by atoms with Crippen molar-refractivity contribution in [2.45, 2.75) is 32.9 Å². The second-order valence-electron chi connectivity index (χ2n) is 8.93. The van der Waals surface area contributed by atoms with E-state index in [1.54, 1.807) is 24.1 Å². The monoisotopic (exact) mass is 486 g/mol. The number of H-pyrrole nitrogens is 1. The Labute approximate surface area is 210 Å². The molecular weight excluding hydrogens is 456 g/mol. The second kappa shape index (κ2) is 11.0. The van der Waals surface area contributed by atoms with Crippen molar-refractivity contribution in [2.75, 3.05) is 13.7 Å². The molecule has 0 bridgehead atoms. The van der Waals surface area contributed by atoms with Crippen LogP contribution in [0.4, 0.5) is 0 Å². The molecule has 2 N–H and O–H groups in total. The topological polar surface area (TPSA) is 91.9 Å². The lowest BCUT2D eigenvalue weighted by atomic mass is 10.0. The molecule has 3 aromatic carbocycles. The number of carboxylic acid groups (broad SMARTS) is 1. The summed E-state index contributed by atoms with van der Waals surface area (Å²) in [6.07, 6.45) is 1.90. The highest BCUT2D eigenvalue weighted by molar-refractivity contribution is 5.91. The van der Waals surface area contributed by atoms with Crippen molar-refractivity contribution in [3.63, 3.8) is 0 Å². The normalized spacial score (nSPS) is 11.0. The lowest BCUT2D eigenvalue weighted by Crippen LogP contribution is -2.34. The second-order valence-corrected chi connectivity index (χ2v) is 8.93. The van der Waals surface area contributed by atoms with Gasteiger partial charge in [-0.25, -0.2) is 4.79 Å². The number of para-hydroxylation sites is 2. The minimum absolute atomic E-state index is 0.0434. The number of carbonyl (C=O) groups excluding carboxylic acids is 1. The lowest BCUT2D eigenvalue weighted by molar-refractivity contribution is -0.134. The maximum absolute atomic E-state index is 13.4. The van der Waals surface area contributed by atoms with Crippen molar-refractivity contribution >= 4 is 22.8 Å². The van der Waals surface area contributed by atoms with Gasteiger partial charge in [-0.05, 0) is 41.3 Å². The fourth-order valence-electron chi connectivity index (χ4n) is 4.17. The van der Waals surface area contributed by atoms with Crippen LogP contribution in [0, 0.1) is 0 Å². The average molecular weight is 487 g/mol. The number of aromatic nitrogens is 1. The minimum atomic E-state index is -1.09. The van der Waals surface area contributed by atoms with Gasteiger partial charge < -0.3 is 24.5 Å². The summed E-state index contributed by atoms with van der Waals surface area (Å²) in [4.78, 5) is 30.2. The number of hydrogen-bond acceptors (Lipinski definition) is 4. The molecule has 4 rings (SSSR count). The third kappa shape index (κ3) is 5.51. The molecule has 186 valence electrons. The lowest BCUT2D eigenvalue weighted by Gasteiger charge is -2.24. The first-order valence-electron chi connectivity index (χ1n) is 11.8. The number of aromatic amines is 1. The molecule has 0 saturated heterocycles. The van der Waals surface area contributed by atoms with Gasteiger partial charge in [0, 0.05) is 35.8 Å². The van der Waals surface area contributed by atoms with E-state index >= 15 is 0 Å². The third-order valence-corrected chi connectivity index (χ3v) is 6.19. The van der Waals surface area contributed by atoms with Gasteiger partial charge in [-0.15, -0.1) is 0 Å². The fraction of sp³-hybridized carbons (Fsp3) is 0.241. The van der Waals surface area contributed by atoms with Gasteiger partial charge in [-0.1, -0.05) is 56.3 Å². The van der Waals surface area contributed by atoms with Crippen LogP contribution in [-0.4, -0.2) is 40.6 Å². The van der Waals surface area contributed by atoms with Crippen LogP contribution in [0.15, 0.2) is 72.9 Å². The molecule has 0 aliphatic carbocycles. The maximum Gasteiger partial charge on any atom is 0.339 e. The van der Waals surface area contributed by atoms with Crippen LogP contribution in [0.25, 0.3) is 10.9 Å². The number of amides is 1. The van der Waals surface area contributed by atoms with Gasteiger partial charge in [-0.2, -0.15) is 0 Å². The summed E-state index contributed by atoms with van der Waals surface area (Å²) in [7, 11) is 1.60. The van der Waals surface area contributed by atoms with E-state index in [1.165, 1.54) is 0 Å². The van der Waals surface area contributed by atoms with Gasteiger partial charge in [0.25, 0.3) is 5.91 Å². The zero-order valence-corrected chi connectivity index (χ0v) is 20.7. The van der Waals surface area contributed by atoms with E-state index in [0.29, 0.717) is 18.8 Å². The van der Waals surface area contributed by atoms with Crippen molar-refractivity contribution in [3.05, 3.63) is 95.2 Å². The van der Waals surface area contributed by atoms with Gasteiger partial charge in [0.1, 0.15) is 17.1 Å². The number of rotatable bonds is 10. The largest absolute Gasteiger partial charge is 0.496 e. The average Bonchev–Trinajstić information content (AvgIpc) is 3.29. The highest BCUT2D eigenvalue weighted by Gasteiger charge is 2.21. The predicted octanol–water partition coefficient (Wildman–Crippen LogP) is 5.61. The SMILES string of the molecule is COc1ccccc1CN(Cc1c[nH]c2ccccc12)C(=O)COc1ccc(C(C)C)cc1C(=O)O. The molecule has 1 amide bonds. The number of methoxy groups -OCH3 is 1. The molecule has 0 saturated carbocycles. The van der Waals surface area contributed by atoms with E-state index in [1.807, 2.05) is 74.6 Å². The van der Waals surface area contributed by atoms with Crippen molar-refractivity contribution in [3.8, 4) is 11.5 Å². The number of nitrogens with one attached hydrogen (secondary N) is 1. The number of benzene rings is 3. The van der Waals surface area contributed by atoms with Crippen molar-refractivity contribution in [1.29, 1.82) is 0 Å². The molecule has 0 aliphatic rings. The van der Waals surface area contributed by atoms with E-state index in [2.05, 4.69) is 4.98 Å². The van der Waals surface area contributed by atoms with Crippen LogP contribution < -0.4 is 9.47 Å². The van der Waals surface area contributed by atoms with Crippen molar-refractivity contribution in [1.82, 2.24) is 9.88 Å². The molecule has 0 aliphatic heterocycles. The Morgan fingerprint density at radius 3 is 2.42 bits per heavy atom. The molecule has 7 nitrogen and oxygen atoms in total. The standard InChI is InChI=1S/C29H30N2O5/c1-19(2)20-12-13-27(24(14-20)29(33)34)36-18-28(32)31(16-21-8-4-7-11-26(21)35-3)17-22-15-30-25-10-6-5-9-23(22)25/h4-15,19,30H,16-18H2,1-3H3,(H,33,34). The van der Waals surface area contributed by atoms with Crippen LogP contribution in [0.2, 0.25) is 0 Å². The van der Waals surface area contributed by atoms with Crippen LogP contribution >= 0.6 is 0 Å². The number of hydrogen-bond donors (Lipinski definition) is 2. The van der Waals surface area contributed by atoms with Gasteiger partial charge in [0.15, 0.2) is 6.61 Å². The zero-order valence-electron chi connectivity index (χ0n) is 20.7. The van der Waals surface area contributed by atoms with Gasteiger partial charge in [0.2, 0.25) is 0 Å². The van der Waals surface area contributed by atoms with E-state index in [-0.39, 0.29) is 29.7 Å². The molecule has 1 aromatic heterocycles. The Hall–Kier alpha value is -4.26. The minimum Gasteiger partial charge on any atom is -0.496 e. The number of nitrogens with zero attached hydrogens (tertiary/aromatic N) is 1. The molecule has 0 spiro atoms. The van der Waals surface area contributed by atoms with Gasteiger partial charge in [-0.3, -0.25) is 4.79 Å². The molecule has 36 heavy (non-hydrogen) atoms. The summed E-state index contributed by atoms with van der Waals surface area (Å²) < 4.78 is 11.3. The van der Waals surface area contributed by atoms with Crippen LogP contribution in [-0.2, 0) is 17.9 Å². The summed E-state index contributed by atoms with van der Waals surface area (Å²) in [5.41, 5.74) is 3.76. The van der Waals surface area contributed by atoms with Gasteiger partial charge >= 0.3 is 5.97 Å². The van der Waals surface area contributed by atoms with Crippen molar-refractivity contribution < 1.29 is 24.2 Å². The number of carboxylic acids is 1. The maximum atomic E-state index is 13.4. The number of fused-ring (bicyclic) bond motifs is 1. The van der Waals surface area contributed by atoms with E-state index in [9.17, 15) is 14.7 Å². The van der Waals surface area contributed by atoms with E-state index < -0.39 is 5.97 Å². The van der Waals surface area contributed by atoms with Crippen LogP contribution in [0.1, 0.15) is 46.8 Å². The Balaban J connectivity index is 1.59. The fourth-order valence-corrected chi connectivity index (χ4v) is 4.17. The van der Waals surface area contributed by atoms with Crippen LogP contribution in [0.5, 0.6) is 11.5 Å². The summed E-state index contributed by atoms with van der Waals surface area (Å²) in [6, 6.07) is 20.5. The van der Waals surface area contributed by atoms with Crippen molar-refractivity contribution in [2.24, 2.45) is 0 Å². The first-order chi connectivity index (χ1) is 17.4. The Morgan fingerprint density at radius 2 is 1.67 bits per heavy atom. The molecular formula is C29H30N2O5. The highest BCUT2D eigenvalue weighted by atomic mass is 16.5. The first-order valence-corrected chi connectivity index (χ1v) is 11.8. The Bertz CT molecular complexity index is 1380. The highest BCUT2D eigenvalue weighted by Crippen LogP contribution is 2.26. The summed E-state index contributed by atoms with van der Waals surface area (Å²) in [6.45, 7) is 4.35. The molecule has 0 fully saturated rings. The zero-order chi connectivity index (χ0) is 25.7. The molecule has 0 radical (unpaired) electrons. The van der Waals surface area contributed by atoms with E-state index in [4.69, 9.17) is 9.47 Å². The molecule has 1 heterocycles. The van der Waals surface area contributed by atoms with Gasteiger partial charge in [0.05, 0.1) is 7.11 Å².